The highest BCUT2D eigenvalue weighted by Crippen LogP contribution is 2.20. The van der Waals surface area contributed by atoms with Crippen molar-refractivity contribution < 1.29 is 26.8 Å². The summed E-state index contributed by atoms with van der Waals surface area (Å²) in [6, 6.07) is 7.84. The van der Waals surface area contributed by atoms with Gasteiger partial charge in [0.2, 0.25) is 0 Å². The van der Waals surface area contributed by atoms with Gasteiger partial charge in [-0.2, -0.15) is 0 Å². The summed E-state index contributed by atoms with van der Waals surface area (Å²) in [5, 5.41) is 11.4. The Bertz CT molecular complexity index is 442. The number of halogens is 1. The molecule has 1 aliphatic heterocycles. The Balaban J connectivity index is 0.00000220. The van der Waals surface area contributed by atoms with Gasteiger partial charge in [0.1, 0.15) is 6.54 Å². The van der Waals surface area contributed by atoms with Gasteiger partial charge in [0.05, 0.1) is 26.7 Å². The van der Waals surface area contributed by atoms with Crippen LogP contribution in [0.4, 0.5) is 0 Å². The average Bonchev–Trinajstić information content (AvgIpc) is 2.46. The molecule has 0 atom stereocenters. The van der Waals surface area contributed by atoms with E-state index in [2.05, 4.69) is 12.4 Å². The van der Waals surface area contributed by atoms with Crippen LogP contribution in [0.15, 0.2) is 24.3 Å². The number of nitrogens with one attached hydrogen (secondary N) is 1. The first kappa shape index (κ1) is 18.0. The molecule has 0 bridgehead atoms. The van der Waals surface area contributed by atoms with E-state index in [4.69, 9.17) is 5.11 Å². The van der Waals surface area contributed by atoms with Crippen molar-refractivity contribution in [2.45, 2.75) is 25.8 Å². The molecule has 2 rings (SSSR count). The summed E-state index contributed by atoms with van der Waals surface area (Å²) in [6.45, 7) is 3.81. The smallest absolute Gasteiger partial charge is 0.251 e. The fourth-order valence-corrected chi connectivity index (χ4v) is 2.91. The number of benzene rings is 1. The number of aliphatic hydroxyl groups is 1. The first-order valence-electron chi connectivity index (χ1n) is 7.44. The van der Waals surface area contributed by atoms with E-state index < -0.39 is 0 Å². The van der Waals surface area contributed by atoms with Crippen molar-refractivity contribution in [3.63, 3.8) is 0 Å². The van der Waals surface area contributed by atoms with Crippen molar-refractivity contribution in [2.75, 3.05) is 33.3 Å². The lowest BCUT2D eigenvalue weighted by Crippen LogP contribution is -3.00. The van der Waals surface area contributed by atoms with Gasteiger partial charge in [-0.25, -0.2) is 0 Å². The number of rotatable bonds is 5. The van der Waals surface area contributed by atoms with Crippen LogP contribution >= 0.6 is 0 Å². The van der Waals surface area contributed by atoms with Gasteiger partial charge in [-0.15, -0.1) is 0 Å². The Kier molecular flexibility index (Phi) is 7.15. The molecule has 1 heterocycles. The summed E-state index contributed by atoms with van der Waals surface area (Å²) >= 11 is 0. The molecule has 0 unspecified atom stereocenters. The van der Waals surface area contributed by atoms with Gasteiger partial charge < -0.3 is 27.3 Å². The van der Waals surface area contributed by atoms with E-state index in [1.165, 1.54) is 37.9 Å². The van der Waals surface area contributed by atoms with E-state index >= 15 is 0 Å². The second-order valence-corrected chi connectivity index (χ2v) is 5.96. The molecule has 1 aliphatic rings. The number of amides is 1. The van der Waals surface area contributed by atoms with E-state index in [-0.39, 0.29) is 24.9 Å². The Morgan fingerprint density at radius 1 is 1.19 bits per heavy atom. The van der Waals surface area contributed by atoms with Gasteiger partial charge in [0, 0.05) is 17.7 Å². The quantitative estimate of drug-likeness (QED) is 0.653. The van der Waals surface area contributed by atoms with Crippen LogP contribution in [0.2, 0.25) is 0 Å². The Morgan fingerprint density at radius 3 is 2.38 bits per heavy atom. The van der Waals surface area contributed by atoms with Crippen LogP contribution in [0.1, 0.15) is 35.2 Å². The predicted molar refractivity (Wildman–Crippen MR) is 79.3 cm³/mol. The lowest BCUT2D eigenvalue weighted by atomic mass is 10.1. The second kappa shape index (κ2) is 8.37. The van der Waals surface area contributed by atoms with Crippen molar-refractivity contribution in [2.24, 2.45) is 0 Å². The topological polar surface area (TPSA) is 49.3 Å². The van der Waals surface area contributed by atoms with Crippen molar-refractivity contribution in [3.8, 4) is 0 Å². The monoisotopic (exact) mass is 312 g/mol. The first-order chi connectivity index (χ1) is 9.63. The molecule has 5 heteroatoms. The standard InChI is InChI=1S/C16H24N2O2.ClH/c1-18(10-3-2-4-11-18)13-14-5-7-15(8-6-14)16(20)17-9-12-19;/h5-8,19H,2-4,9-13H2,1H3;1H. The molecular formula is C16H25ClN2O2. The lowest BCUT2D eigenvalue weighted by molar-refractivity contribution is -0.926. The number of hydrogen-bond donors (Lipinski definition) is 2. The van der Waals surface area contributed by atoms with E-state index in [1.54, 1.807) is 0 Å². The summed E-state index contributed by atoms with van der Waals surface area (Å²) < 4.78 is 1.11. The van der Waals surface area contributed by atoms with Crippen molar-refractivity contribution in [3.05, 3.63) is 35.4 Å². The maximum Gasteiger partial charge on any atom is 0.251 e. The van der Waals surface area contributed by atoms with Crippen LogP contribution in [0.3, 0.4) is 0 Å². The number of hydrogen-bond acceptors (Lipinski definition) is 2. The van der Waals surface area contributed by atoms with Crippen LogP contribution in [0, 0.1) is 0 Å². The molecule has 0 radical (unpaired) electrons. The molecule has 0 saturated carbocycles. The number of quaternary nitrogens is 1. The molecule has 1 aromatic rings. The minimum atomic E-state index is -0.121. The SMILES string of the molecule is C[N+]1(Cc2ccc(C(=O)NCCO)cc2)CCCCC1.[Cl-]. The van der Waals surface area contributed by atoms with E-state index in [1.807, 2.05) is 24.3 Å². The third-order valence-electron chi connectivity index (χ3n) is 4.07. The van der Waals surface area contributed by atoms with Gasteiger partial charge in [0.25, 0.3) is 5.91 Å². The molecule has 0 spiro atoms. The minimum Gasteiger partial charge on any atom is -1.00 e. The Labute approximate surface area is 133 Å². The number of piperidine rings is 1. The zero-order valence-electron chi connectivity index (χ0n) is 12.6. The summed E-state index contributed by atoms with van der Waals surface area (Å²) in [5.41, 5.74) is 1.94. The highest BCUT2D eigenvalue weighted by Gasteiger charge is 2.24. The van der Waals surface area contributed by atoms with Crippen LogP contribution in [-0.4, -0.2) is 48.8 Å². The normalized spacial score (nSPS) is 16.9. The van der Waals surface area contributed by atoms with Crippen molar-refractivity contribution in [1.29, 1.82) is 0 Å². The van der Waals surface area contributed by atoms with Gasteiger partial charge in [-0.1, -0.05) is 12.1 Å². The minimum absolute atomic E-state index is 0. The molecule has 0 aromatic heterocycles. The number of carbonyl (C=O) groups is 1. The van der Waals surface area contributed by atoms with E-state index in [0.29, 0.717) is 12.1 Å². The Morgan fingerprint density at radius 2 is 1.81 bits per heavy atom. The molecule has 1 aromatic carbocycles. The van der Waals surface area contributed by atoms with Crippen LogP contribution in [0.5, 0.6) is 0 Å². The van der Waals surface area contributed by atoms with Crippen LogP contribution in [0.25, 0.3) is 0 Å². The largest absolute Gasteiger partial charge is 1.00 e. The fourth-order valence-electron chi connectivity index (χ4n) is 2.91. The molecule has 0 aliphatic carbocycles. The highest BCUT2D eigenvalue weighted by molar-refractivity contribution is 5.94. The van der Waals surface area contributed by atoms with Gasteiger partial charge in [-0.05, 0) is 31.4 Å². The molecule has 1 saturated heterocycles. The zero-order valence-corrected chi connectivity index (χ0v) is 13.4. The van der Waals surface area contributed by atoms with Crippen LogP contribution in [-0.2, 0) is 6.54 Å². The van der Waals surface area contributed by atoms with Crippen molar-refractivity contribution in [1.82, 2.24) is 5.32 Å². The third kappa shape index (κ3) is 5.30. The molecule has 118 valence electrons. The summed E-state index contributed by atoms with van der Waals surface area (Å²) in [7, 11) is 2.32. The molecular weight excluding hydrogens is 288 g/mol. The van der Waals surface area contributed by atoms with E-state index in [9.17, 15) is 4.79 Å². The molecule has 4 nitrogen and oxygen atoms in total. The van der Waals surface area contributed by atoms with Gasteiger partial charge in [-0.3, -0.25) is 4.79 Å². The number of aliphatic hydroxyl groups excluding tert-OH is 1. The van der Waals surface area contributed by atoms with Gasteiger partial charge in [0.15, 0.2) is 0 Å². The molecule has 1 amide bonds. The molecule has 2 N–H and O–H groups in total. The predicted octanol–water partition coefficient (Wildman–Crippen LogP) is -1.46. The lowest BCUT2D eigenvalue weighted by Gasteiger charge is -2.37. The first-order valence-corrected chi connectivity index (χ1v) is 7.44. The molecule has 1 fully saturated rings. The molecule has 21 heavy (non-hydrogen) atoms. The zero-order chi connectivity index (χ0) is 14.4. The summed E-state index contributed by atoms with van der Waals surface area (Å²) in [6.07, 6.45) is 3.99. The number of likely N-dealkylation sites (tertiary alicyclic amines) is 1. The van der Waals surface area contributed by atoms with E-state index in [0.717, 1.165) is 11.0 Å². The third-order valence-corrected chi connectivity index (χ3v) is 4.07. The number of carbonyl (C=O) groups excluding carboxylic acids is 1. The summed E-state index contributed by atoms with van der Waals surface area (Å²) in [5.74, 6) is -0.121. The number of nitrogens with zero attached hydrogens (tertiary/aromatic N) is 1. The second-order valence-electron chi connectivity index (χ2n) is 5.96. The van der Waals surface area contributed by atoms with Crippen LogP contribution < -0.4 is 17.7 Å². The summed E-state index contributed by atoms with van der Waals surface area (Å²) in [4.78, 5) is 11.7. The van der Waals surface area contributed by atoms with Crippen molar-refractivity contribution >= 4 is 5.91 Å². The average molecular weight is 313 g/mol. The van der Waals surface area contributed by atoms with Gasteiger partial charge >= 0.3 is 0 Å². The highest BCUT2D eigenvalue weighted by atomic mass is 35.5. The maximum absolute atomic E-state index is 11.7. The Hall–Kier alpha value is -1.10. The maximum atomic E-state index is 11.7. The fraction of sp³-hybridized carbons (Fsp3) is 0.562.